The van der Waals surface area contributed by atoms with Crippen LogP contribution in [0.5, 0.6) is 0 Å². The number of Topliss-reactive ketones (excluding diaryl/α,β-unsaturated/α-hetero) is 2. The average Bonchev–Trinajstić information content (AvgIpc) is 3.41. The van der Waals surface area contributed by atoms with E-state index in [1.807, 2.05) is 60.7 Å². The van der Waals surface area contributed by atoms with Crippen molar-refractivity contribution in [3.63, 3.8) is 0 Å². The van der Waals surface area contributed by atoms with Crippen molar-refractivity contribution in [2.45, 2.75) is 12.8 Å². The summed E-state index contributed by atoms with van der Waals surface area (Å²) in [6, 6.07) is 9.24. The standard InChI is InChI=1S/C22H18O2/c23-20(16-7-2-1-3-8-16)17-9-6-10-18(13-12-17)21(24)22-14-5-4-11-19(22)15-22/h1-5,7-14,19H,6,15H2. The van der Waals surface area contributed by atoms with Crippen LogP contribution in [0.1, 0.15) is 23.2 Å². The summed E-state index contributed by atoms with van der Waals surface area (Å²) in [6.45, 7) is 0. The van der Waals surface area contributed by atoms with Crippen LogP contribution in [0.2, 0.25) is 0 Å². The third kappa shape index (κ3) is 2.44. The second-order valence-corrected chi connectivity index (χ2v) is 6.51. The minimum atomic E-state index is -0.334. The lowest BCUT2D eigenvalue weighted by Crippen LogP contribution is -2.18. The largest absolute Gasteiger partial charge is 0.293 e. The van der Waals surface area contributed by atoms with Crippen molar-refractivity contribution >= 4 is 11.6 Å². The predicted octanol–water partition coefficient (Wildman–Crippen LogP) is 4.38. The van der Waals surface area contributed by atoms with Crippen LogP contribution in [0.4, 0.5) is 0 Å². The Morgan fingerprint density at radius 2 is 1.71 bits per heavy atom. The van der Waals surface area contributed by atoms with Crippen LogP contribution in [0.3, 0.4) is 0 Å². The van der Waals surface area contributed by atoms with Gasteiger partial charge < -0.3 is 0 Å². The number of ketones is 2. The molecule has 4 rings (SSSR count). The molecule has 0 amide bonds. The van der Waals surface area contributed by atoms with Crippen LogP contribution in [-0.4, -0.2) is 11.6 Å². The predicted molar refractivity (Wildman–Crippen MR) is 94.5 cm³/mol. The summed E-state index contributed by atoms with van der Waals surface area (Å²) in [7, 11) is 0. The lowest BCUT2D eigenvalue weighted by molar-refractivity contribution is -0.118. The molecule has 1 fully saturated rings. The quantitative estimate of drug-likeness (QED) is 0.773. The van der Waals surface area contributed by atoms with Crippen molar-refractivity contribution in [1.82, 2.24) is 0 Å². The Hall–Kier alpha value is -2.74. The lowest BCUT2D eigenvalue weighted by atomic mass is 9.89. The highest BCUT2D eigenvalue weighted by Crippen LogP contribution is 2.58. The second kappa shape index (κ2) is 5.72. The molecule has 0 heterocycles. The fourth-order valence-corrected chi connectivity index (χ4v) is 3.49. The van der Waals surface area contributed by atoms with E-state index in [1.54, 1.807) is 12.2 Å². The molecule has 1 aromatic rings. The molecule has 3 aliphatic carbocycles. The van der Waals surface area contributed by atoms with Crippen molar-refractivity contribution in [2.24, 2.45) is 11.3 Å². The molecule has 0 N–H and O–H groups in total. The van der Waals surface area contributed by atoms with Crippen LogP contribution in [-0.2, 0) is 4.79 Å². The van der Waals surface area contributed by atoms with Gasteiger partial charge in [-0.2, -0.15) is 0 Å². The first-order valence-corrected chi connectivity index (χ1v) is 8.30. The van der Waals surface area contributed by atoms with Crippen LogP contribution >= 0.6 is 0 Å². The normalized spacial score (nSPS) is 26.9. The zero-order valence-corrected chi connectivity index (χ0v) is 13.3. The van der Waals surface area contributed by atoms with E-state index in [2.05, 4.69) is 6.08 Å². The Morgan fingerprint density at radius 3 is 2.50 bits per heavy atom. The van der Waals surface area contributed by atoms with E-state index in [4.69, 9.17) is 0 Å². The number of fused-ring (bicyclic) bond motifs is 1. The van der Waals surface area contributed by atoms with Crippen LogP contribution in [0.15, 0.2) is 90.1 Å². The van der Waals surface area contributed by atoms with Gasteiger partial charge in [-0.1, -0.05) is 78.9 Å². The monoisotopic (exact) mass is 314 g/mol. The number of hydrogen-bond donors (Lipinski definition) is 0. The minimum absolute atomic E-state index is 0.00286. The Bertz CT molecular complexity index is 849. The summed E-state index contributed by atoms with van der Waals surface area (Å²) < 4.78 is 0. The number of hydrogen-bond acceptors (Lipinski definition) is 2. The topological polar surface area (TPSA) is 34.1 Å². The van der Waals surface area contributed by atoms with Gasteiger partial charge in [0, 0.05) is 16.7 Å². The zero-order chi connectivity index (χ0) is 16.6. The lowest BCUT2D eigenvalue weighted by Gasteiger charge is -2.13. The van der Waals surface area contributed by atoms with E-state index in [9.17, 15) is 9.59 Å². The maximum Gasteiger partial charge on any atom is 0.192 e. The molecule has 0 aromatic heterocycles. The molecule has 0 radical (unpaired) electrons. The molecule has 2 unspecified atom stereocenters. The van der Waals surface area contributed by atoms with Crippen molar-refractivity contribution in [2.75, 3.05) is 0 Å². The number of carbonyl (C=O) groups excluding carboxylic acids is 2. The highest BCUT2D eigenvalue weighted by atomic mass is 16.1. The molecular weight excluding hydrogens is 296 g/mol. The summed E-state index contributed by atoms with van der Waals surface area (Å²) in [5.74, 6) is 0.508. The van der Waals surface area contributed by atoms with Gasteiger partial charge in [0.1, 0.15) is 0 Å². The van der Waals surface area contributed by atoms with Gasteiger partial charge in [-0.15, -0.1) is 0 Å². The summed E-state index contributed by atoms with van der Waals surface area (Å²) in [5, 5.41) is 0. The van der Waals surface area contributed by atoms with Gasteiger partial charge >= 0.3 is 0 Å². The van der Waals surface area contributed by atoms with E-state index < -0.39 is 0 Å². The van der Waals surface area contributed by atoms with Crippen LogP contribution in [0.25, 0.3) is 0 Å². The SMILES string of the molecule is O=C(C1=CCC=C(C(=O)C23C=CC=CC2C3)C=C1)c1ccccc1. The molecule has 1 saturated carbocycles. The minimum Gasteiger partial charge on any atom is -0.293 e. The van der Waals surface area contributed by atoms with E-state index in [1.165, 1.54) is 0 Å². The molecule has 1 aromatic carbocycles. The highest BCUT2D eigenvalue weighted by Gasteiger charge is 2.57. The van der Waals surface area contributed by atoms with E-state index in [-0.39, 0.29) is 17.0 Å². The molecule has 3 aliphatic rings. The van der Waals surface area contributed by atoms with Crippen LogP contribution in [0, 0.1) is 11.3 Å². The van der Waals surface area contributed by atoms with Gasteiger partial charge in [0.2, 0.25) is 0 Å². The molecule has 0 bridgehead atoms. The summed E-state index contributed by atoms with van der Waals surface area (Å²) >= 11 is 0. The maximum absolute atomic E-state index is 12.9. The van der Waals surface area contributed by atoms with Gasteiger partial charge in [0.05, 0.1) is 5.41 Å². The highest BCUT2D eigenvalue weighted by molar-refractivity contribution is 6.11. The van der Waals surface area contributed by atoms with E-state index in [0.717, 1.165) is 6.42 Å². The molecule has 2 nitrogen and oxygen atoms in total. The first-order chi connectivity index (χ1) is 11.7. The second-order valence-electron chi connectivity index (χ2n) is 6.51. The fourth-order valence-electron chi connectivity index (χ4n) is 3.49. The molecular formula is C22H18O2. The summed E-state index contributed by atoms with van der Waals surface area (Å²) in [6.07, 6.45) is 17.0. The zero-order valence-electron chi connectivity index (χ0n) is 13.3. The fraction of sp³-hybridized carbons (Fsp3) is 0.182. The Labute approximate surface area is 141 Å². The van der Waals surface area contributed by atoms with Crippen molar-refractivity contribution in [3.05, 3.63) is 95.6 Å². The molecule has 118 valence electrons. The Kier molecular flexibility index (Phi) is 3.53. The smallest absolute Gasteiger partial charge is 0.192 e. The summed E-state index contributed by atoms with van der Waals surface area (Å²) in [4.78, 5) is 25.5. The van der Waals surface area contributed by atoms with E-state index in [0.29, 0.717) is 29.0 Å². The van der Waals surface area contributed by atoms with E-state index >= 15 is 0 Å². The van der Waals surface area contributed by atoms with Gasteiger partial charge in [-0.3, -0.25) is 9.59 Å². The molecule has 2 heteroatoms. The van der Waals surface area contributed by atoms with Gasteiger partial charge in [0.15, 0.2) is 11.6 Å². The molecule has 24 heavy (non-hydrogen) atoms. The number of allylic oxidation sites excluding steroid dienone is 10. The first-order valence-electron chi connectivity index (χ1n) is 8.30. The van der Waals surface area contributed by atoms with Gasteiger partial charge in [-0.25, -0.2) is 0 Å². The van der Waals surface area contributed by atoms with Gasteiger partial charge in [0.25, 0.3) is 0 Å². The first kappa shape index (κ1) is 14.8. The molecule has 0 saturated heterocycles. The Balaban J connectivity index is 1.53. The van der Waals surface area contributed by atoms with Gasteiger partial charge in [-0.05, 0) is 18.8 Å². The number of carbonyl (C=O) groups is 2. The third-order valence-corrected chi connectivity index (χ3v) is 5.01. The average molecular weight is 314 g/mol. The molecule has 2 atom stereocenters. The van der Waals surface area contributed by atoms with Crippen molar-refractivity contribution < 1.29 is 9.59 Å². The van der Waals surface area contributed by atoms with Crippen molar-refractivity contribution in [3.8, 4) is 0 Å². The Morgan fingerprint density at radius 1 is 0.958 bits per heavy atom. The molecule has 0 spiro atoms. The maximum atomic E-state index is 12.9. The third-order valence-electron chi connectivity index (χ3n) is 5.01. The van der Waals surface area contributed by atoms with Crippen LogP contribution < -0.4 is 0 Å². The molecule has 0 aliphatic heterocycles. The number of rotatable bonds is 4. The van der Waals surface area contributed by atoms with Crippen molar-refractivity contribution in [1.29, 1.82) is 0 Å². The summed E-state index contributed by atoms with van der Waals surface area (Å²) in [5.41, 5.74) is 1.69. The number of benzene rings is 1.